The van der Waals surface area contributed by atoms with E-state index in [1.165, 1.54) is 6.20 Å². The van der Waals surface area contributed by atoms with Crippen LogP contribution in [0, 0.1) is 16.7 Å². The van der Waals surface area contributed by atoms with E-state index in [1.54, 1.807) is 16.7 Å². The fourth-order valence-corrected chi connectivity index (χ4v) is 3.60. The van der Waals surface area contributed by atoms with Gasteiger partial charge in [0.2, 0.25) is 5.95 Å². The number of nitrogens with two attached hydrogens (primary N) is 1. The first-order chi connectivity index (χ1) is 13.5. The topological polar surface area (TPSA) is 112 Å². The van der Waals surface area contributed by atoms with Gasteiger partial charge in [-0.2, -0.15) is 5.26 Å². The molecule has 0 saturated carbocycles. The van der Waals surface area contributed by atoms with Crippen LogP contribution in [0.1, 0.15) is 49.3 Å². The predicted molar refractivity (Wildman–Crippen MR) is 110 cm³/mol. The van der Waals surface area contributed by atoms with Crippen molar-refractivity contribution in [1.29, 1.82) is 10.7 Å². The first-order valence-electron chi connectivity index (χ1n) is 9.71. The van der Waals surface area contributed by atoms with E-state index in [0.717, 1.165) is 31.4 Å². The Labute approximate surface area is 164 Å². The van der Waals surface area contributed by atoms with Crippen molar-refractivity contribution >= 4 is 11.7 Å². The number of hydrogen-bond donors (Lipinski definition) is 2. The molecule has 0 aliphatic carbocycles. The molecule has 1 aromatic carbocycles. The van der Waals surface area contributed by atoms with E-state index in [0.29, 0.717) is 35.8 Å². The summed E-state index contributed by atoms with van der Waals surface area (Å²) in [6, 6.07) is 9.49. The molecular formula is C21H26N6O. The van der Waals surface area contributed by atoms with Gasteiger partial charge in [0.25, 0.3) is 5.56 Å². The zero-order valence-corrected chi connectivity index (χ0v) is 16.2. The van der Waals surface area contributed by atoms with E-state index < -0.39 is 0 Å². The van der Waals surface area contributed by atoms with Crippen LogP contribution < -0.4 is 16.2 Å². The van der Waals surface area contributed by atoms with Crippen molar-refractivity contribution in [3.8, 4) is 6.07 Å². The second kappa shape index (κ2) is 8.81. The van der Waals surface area contributed by atoms with E-state index in [9.17, 15) is 10.1 Å². The van der Waals surface area contributed by atoms with E-state index in [2.05, 4.69) is 11.1 Å². The third-order valence-electron chi connectivity index (χ3n) is 5.06. The monoisotopic (exact) mass is 378 g/mol. The number of anilines is 1. The quantitative estimate of drug-likeness (QED) is 0.749. The summed E-state index contributed by atoms with van der Waals surface area (Å²) in [6.07, 6.45) is 4.73. The fraction of sp³-hybridized carbons (Fsp3) is 0.429. The minimum absolute atomic E-state index is 0.0450. The van der Waals surface area contributed by atoms with Crippen molar-refractivity contribution in [2.75, 3.05) is 18.0 Å². The van der Waals surface area contributed by atoms with Crippen LogP contribution in [0.4, 0.5) is 5.95 Å². The summed E-state index contributed by atoms with van der Waals surface area (Å²) in [7, 11) is 0. The predicted octanol–water partition coefficient (Wildman–Crippen LogP) is 2.26. The van der Waals surface area contributed by atoms with Gasteiger partial charge in [0, 0.05) is 31.0 Å². The van der Waals surface area contributed by atoms with Crippen LogP contribution in [0.15, 0.2) is 35.3 Å². The van der Waals surface area contributed by atoms with Gasteiger partial charge in [-0.15, -0.1) is 0 Å². The van der Waals surface area contributed by atoms with Gasteiger partial charge in [0.15, 0.2) is 0 Å². The number of nitriles is 1. The Morgan fingerprint density at radius 1 is 1.43 bits per heavy atom. The Morgan fingerprint density at radius 3 is 2.93 bits per heavy atom. The van der Waals surface area contributed by atoms with Crippen molar-refractivity contribution in [2.45, 2.75) is 45.2 Å². The summed E-state index contributed by atoms with van der Waals surface area (Å²) in [5, 5.41) is 17.7. The van der Waals surface area contributed by atoms with Crippen molar-refractivity contribution in [3.63, 3.8) is 0 Å². The van der Waals surface area contributed by atoms with Gasteiger partial charge in [0.05, 0.1) is 23.7 Å². The van der Waals surface area contributed by atoms with Crippen molar-refractivity contribution < 1.29 is 0 Å². The zero-order valence-electron chi connectivity index (χ0n) is 16.2. The van der Waals surface area contributed by atoms with Crippen LogP contribution in [0.25, 0.3) is 0 Å². The van der Waals surface area contributed by atoms with Crippen LogP contribution in [-0.2, 0) is 6.54 Å². The summed E-state index contributed by atoms with van der Waals surface area (Å²) in [5.41, 5.74) is 7.80. The normalized spacial score (nSPS) is 16.6. The SMILES string of the molecule is CCCC(=N)c1cnc(N2CCC[C@@H](N)C2)n(Cc2ccccc2C#N)c1=O. The Kier molecular flexibility index (Phi) is 6.22. The first kappa shape index (κ1) is 19.8. The molecule has 0 amide bonds. The molecule has 146 valence electrons. The molecule has 3 rings (SSSR count). The van der Waals surface area contributed by atoms with Gasteiger partial charge in [-0.3, -0.25) is 9.36 Å². The Balaban J connectivity index is 2.09. The summed E-state index contributed by atoms with van der Waals surface area (Å²) in [4.78, 5) is 19.9. The summed E-state index contributed by atoms with van der Waals surface area (Å²) in [6.45, 7) is 3.64. The number of benzene rings is 1. The van der Waals surface area contributed by atoms with E-state index in [4.69, 9.17) is 11.1 Å². The molecule has 1 aliphatic heterocycles. The van der Waals surface area contributed by atoms with Crippen LogP contribution in [0.5, 0.6) is 0 Å². The lowest BCUT2D eigenvalue weighted by molar-refractivity contribution is 0.490. The molecule has 0 bridgehead atoms. The lowest BCUT2D eigenvalue weighted by Gasteiger charge is -2.33. The van der Waals surface area contributed by atoms with Gasteiger partial charge >= 0.3 is 0 Å². The van der Waals surface area contributed by atoms with Gasteiger partial charge in [-0.25, -0.2) is 4.98 Å². The lowest BCUT2D eigenvalue weighted by atomic mass is 10.1. The van der Waals surface area contributed by atoms with Crippen LogP contribution in [0.3, 0.4) is 0 Å². The molecule has 1 fully saturated rings. The van der Waals surface area contributed by atoms with Crippen molar-refractivity contribution in [2.24, 2.45) is 5.73 Å². The number of rotatable bonds is 6. The molecule has 1 aliphatic rings. The molecule has 0 unspecified atom stereocenters. The number of aromatic nitrogens is 2. The average molecular weight is 378 g/mol. The highest BCUT2D eigenvalue weighted by atomic mass is 16.1. The zero-order chi connectivity index (χ0) is 20.1. The molecule has 2 heterocycles. The number of nitrogens with one attached hydrogen (secondary N) is 1. The summed E-state index contributed by atoms with van der Waals surface area (Å²) in [5.74, 6) is 0.556. The molecule has 2 aromatic rings. The Hall–Kier alpha value is -2.98. The minimum Gasteiger partial charge on any atom is -0.341 e. The van der Waals surface area contributed by atoms with E-state index in [1.807, 2.05) is 24.0 Å². The van der Waals surface area contributed by atoms with Gasteiger partial charge in [0.1, 0.15) is 0 Å². The molecule has 0 radical (unpaired) electrons. The smallest absolute Gasteiger partial charge is 0.264 e. The highest BCUT2D eigenvalue weighted by molar-refractivity contribution is 5.97. The molecule has 7 heteroatoms. The average Bonchev–Trinajstić information content (AvgIpc) is 2.70. The van der Waals surface area contributed by atoms with Crippen LogP contribution in [0.2, 0.25) is 0 Å². The van der Waals surface area contributed by atoms with Crippen molar-refractivity contribution in [1.82, 2.24) is 9.55 Å². The van der Waals surface area contributed by atoms with Gasteiger partial charge < -0.3 is 16.0 Å². The lowest BCUT2D eigenvalue weighted by Crippen LogP contribution is -2.46. The maximum absolute atomic E-state index is 13.3. The molecule has 1 atom stereocenters. The first-order valence-corrected chi connectivity index (χ1v) is 9.71. The minimum atomic E-state index is -0.240. The maximum Gasteiger partial charge on any atom is 0.264 e. The van der Waals surface area contributed by atoms with Crippen molar-refractivity contribution in [3.05, 3.63) is 57.5 Å². The molecule has 1 saturated heterocycles. The molecule has 28 heavy (non-hydrogen) atoms. The summed E-state index contributed by atoms with van der Waals surface area (Å²) < 4.78 is 1.59. The van der Waals surface area contributed by atoms with Gasteiger partial charge in [-0.05, 0) is 30.9 Å². The third-order valence-corrected chi connectivity index (χ3v) is 5.06. The Bertz CT molecular complexity index is 958. The largest absolute Gasteiger partial charge is 0.341 e. The third kappa shape index (κ3) is 4.12. The molecule has 7 nitrogen and oxygen atoms in total. The number of nitrogens with zero attached hydrogens (tertiary/aromatic N) is 4. The molecule has 1 aromatic heterocycles. The highest BCUT2D eigenvalue weighted by Crippen LogP contribution is 2.19. The second-order valence-electron chi connectivity index (χ2n) is 7.21. The molecule has 0 spiro atoms. The second-order valence-corrected chi connectivity index (χ2v) is 7.21. The maximum atomic E-state index is 13.3. The van der Waals surface area contributed by atoms with E-state index >= 15 is 0 Å². The van der Waals surface area contributed by atoms with E-state index in [-0.39, 0.29) is 18.1 Å². The molecular weight excluding hydrogens is 352 g/mol. The highest BCUT2D eigenvalue weighted by Gasteiger charge is 2.23. The Morgan fingerprint density at radius 2 is 2.21 bits per heavy atom. The van der Waals surface area contributed by atoms with Crippen LogP contribution >= 0.6 is 0 Å². The standard InChI is InChI=1S/C21H26N6O/c1-2-6-19(24)18-12-25-21(26-10-5-9-17(23)14-26)27(20(18)28)13-16-8-4-3-7-15(16)11-22/h3-4,7-8,12,17,24H,2,5-6,9-10,13-14,23H2,1H3/t17-/m1/s1. The summed E-state index contributed by atoms with van der Waals surface area (Å²) >= 11 is 0. The van der Waals surface area contributed by atoms with Gasteiger partial charge in [-0.1, -0.05) is 31.5 Å². The number of hydrogen-bond acceptors (Lipinski definition) is 6. The molecule has 3 N–H and O–H groups in total. The fourth-order valence-electron chi connectivity index (χ4n) is 3.60. The number of piperidine rings is 1. The van der Waals surface area contributed by atoms with Crippen LogP contribution in [-0.4, -0.2) is 34.4 Å².